The third-order valence-corrected chi connectivity index (χ3v) is 5.89. The molecule has 1 N–H and O–H groups in total. The molecular weight excluding hydrogens is 323 g/mol. The van der Waals surface area contributed by atoms with Crippen molar-refractivity contribution in [1.82, 2.24) is 0 Å². The highest BCUT2D eigenvalue weighted by Crippen LogP contribution is 2.37. The first-order chi connectivity index (χ1) is 11.6. The van der Waals surface area contributed by atoms with Gasteiger partial charge in [-0.1, -0.05) is 17.7 Å². The van der Waals surface area contributed by atoms with Crippen molar-refractivity contribution in [3.05, 3.63) is 65.5 Å². The molecule has 0 radical (unpaired) electrons. The van der Waals surface area contributed by atoms with Crippen LogP contribution in [0.4, 0.5) is 10.1 Å². The van der Waals surface area contributed by atoms with Crippen LogP contribution in [-0.4, -0.2) is 33.7 Å². The Morgan fingerprint density at radius 3 is 2.54 bits per heavy atom. The lowest BCUT2D eigenvalue weighted by Gasteiger charge is -2.24. The second-order valence-corrected chi connectivity index (χ2v) is 7.44. The van der Waals surface area contributed by atoms with Crippen molar-refractivity contribution in [3.8, 4) is 0 Å². The maximum Gasteiger partial charge on any atom is 0.316 e. The lowest BCUT2D eigenvalue weighted by Crippen LogP contribution is -2.41. The van der Waals surface area contributed by atoms with Gasteiger partial charge in [0.15, 0.2) is 6.54 Å². The van der Waals surface area contributed by atoms with Crippen molar-refractivity contribution in [1.29, 1.82) is 0 Å². The quantitative estimate of drug-likeness (QED) is 0.848. The number of aliphatic hydroxyl groups is 1. The molecule has 0 fully saturated rings. The molecule has 24 heavy (non-hydrogen) atoms. The number of halogens is 1. The highest BCUT2D eigenvalue weighted by molar-refractivity contribution is 8.13. The van der Waals surface area contributed by atoms with E-state index < -0.39 is 5.72 Å². The van der Waals surface area contributed by atoms with Crippen molar-refractivity contribution >= 4 is 22.6 Å². The number of rotatable bonds is 2. The van der Waals surface area contributed by atoms with Crippen LogP contribution < -0.4 is 4.90 Å². The number of β-amino-alcohol motifs (C(OH)–C–C–N with tert-alkyl or cyclic N) is 1. The minimum atomic E-state index is -1.12. The van der Waals surface area contributed by atoms with Crippen molar-refractivity contribution in [2.24, 2.45) is 0 Å². The van der Waals surface area contributed by atoms with Gasteiger partial charge in [0.25, 0.3) is 5.72 Å². The van der Waals surface area contributed by atoms with Gasteiger partial charge < -0.3 is 5.11 Å². The average molecular weight is 343 g/mol. The Hall–Kier alpha value is -1.85. The molecule has 2 aromatic carbocycles. The molecule has 0 saturated heterocycles. The van der Waals surface area contributed by atoms with Crippen LogP contribution in [0.1, 0.15) is 17.5 Å². The first kappa shape index (κ1) is 15.7. The Morgan fingerprint density at radius 2 is 1.83 bits per heavy atom. The Labute approximate surface area is 145 Å². The number of nitrogens with zero attached hydrogens (tertiary/aromatic N) is 2. The Balaban J connectivity index is 1.78. The van der Waals surface area contributed by atoms with Gasteiger partial charge in [-0.3, -0.25) is 0 Å². The Morgan fingerprint density at radius 1 is 1.12 bits per heavy atom. The number of amidine groups is 1. The van der Waals surface area contributed by atoms with Crippen LogP contribution >= 0.6 is 11.8 Å². The van der Waals surface area contributed by atoms with Crippen LogP contribution in [0, 0.1) is 12.7 Å². The van der Waals surface area contributed by atoms with E-state index in [0.717, 1.165) is 35.1 Å². The van der Waals surface area contributed by atoms with E-state index in [1.165, 1.54) is 17.7 Å². The second kappa shape index (κ2) is 5.90. The zero-order chi connectivity index (χ0) is 16.7. The fraction of sp³-hybridized carbons (Fsp3) is 0.316. The summed E-state index contributed by atoms with van der Waals surface area (Å²) in [5, 5.41) is 12.5. The average Bonchev–Trinajstić information content (AvgIpc) is 2.91. The van der Waals surface area contributed by atoms with Crippen LogP contribution in [0.25, 0.3) is 0 Å². The molecule has 0 amide bonds. The van der Waals surface area contributed by atoms with Gasteiger partial charge in [0, 0.05) is 11.3 Å². The minimum Gasteiger partial charge on any atom is -0.346 e. The molecule has 3 nitrogen and oxygen atoms in total. The zero-order valence-electron chi connectivity index (χ0n) is 13.6. The molecule has 2 aromatic rings. The maximum atomic E-state index is 13.3. The summed E-state index contributed by atoms with van der Waals surface area (Å²) in [5.74, 6) is 0.765. The van der Waals surface area contributed by atoms with Gasteiger partial charge >= 0.3 is 5.17 Å². The van der Waals surface area contributed by atoms with Gasteiger partial charge in [0.2, 0.25) is 0 Å². The molecule has 0 bridgehead atoms. The van der Waals surface area contributed by atoms with E-state index in [9.17, 15) is 9.50 Å². The normalized spacial score (nSPS) is 23.5. The van der Waals surface area contributed by atoms with Gasteiger partial charge in [-0.2, -0.15) is 0 Å². The molecule has 124 valence electrons. The molecule has 0 unspecified atom stereocenters. The monoisotopic (exact) mass is 343 g/mol. The molecule has 1 atom stereocenters. The summed E-state index contributed by atoms with van der Waals surface area (Å²) in [5.41, 5.74) is 1.90. The molecule has 2 aliphatic rings. The van der Waals surface area contributed by atoms with E-state index in [-0.39, 0.29) is 5.82 Å². The van der Waals surface area contributed by atoms with Crippen LogP contribution in [0.5, 0.6) is 0 Å². The lowest BCUT2D eigenvalue weighted by atomic mass is 10.0. The number of aryl methyl sites for hydroxylation is 1. The lowest BCUT2D eigenvalue weighted by molar-refractivity contribution is -0.656. The predicted molar refractivity (Wildman–Crippen MR) is 96.0 cm³/mol. The molecule has 2 aliphatic heterocycles. The van der Waals surface area contributed by atoms with Crippen LogP contribution in [0.15, 0.2) is 48.5 Å². The molecular formula is C19H20FN2OS+. The highest BCUT2D eigenvalue weighted by atomic mass is 32.2. The molecule has 2 heterocycles. The summed E-state index contributed by atoms with van der Waals surface area (Å²) in [7, 11) is 0. The van der Waals surface area contributed by atoms with E-state index in [1.54, 1.807) is 23.9 Å². The van der Waals surface area contributed by atoms with Gasteiger partial charge in [-0.15, -0.1) is 0 Å². The summed E-state index contributed by atoms with van der Waals surface area (Å²) < 4.78 is 15.4. The topological polar surface area (TPSA) is 26.5 Å². The van der Waals surface area contributed by atoms with Crippen molar-refractivity contribution in [2.75, 3.05) is 23.7 Å². The zero-order valence-corrected chi connectivity index (χ0v) is 14.4. The third kappa shape index (κ3) is 2.52. The van der Waals surface area contributed by atoms with Crippen molar-refractivity contribution in [2.45, 2.75) is 19.1 Å². The van der Waals surface area contributed by atoms with Crippen LogP contribution in [0.3, 0.4) is 0 Å². The van der Waals surface area contributed by atoms with Crippen molar-refractivity contribution in [3.63, 3.8) is 0 Å². The number of anilines is 1. The van der Waals surface area contributed by atoms with Crippen LogP contribution in [0.2, 0.25) is 0 Å². The minimum absolute atomic E-state index is 0.284. The molecule has 5 heteroatoms. The molecule has 0 saturated carbocycles. The van der Waals surface area contributed by atoms with Gasteiger partial charge in [0.1, 0.15) is 11.5 Å². The molecule has 0 aromatic heterocycles. The summed E-state index contributed by atoms with van der Waals surface area (Å²) in [4.78, 5) is 2.17. The summed E-state index contributed by atoms with van der Waals surface area (Å²) in [6.45, 7) is 3.32. The summed E-state index contributed by atoms with van der Waals surface area (Å²) >= 11 is 1.78. The number of hydrogen-bond acceptors (Lipinski definition) is 3. The molecule has 4 rings (SSSR count). The van der Waals surface area contributed by atoms with Gasteiger partial charge in [-0.05, 0) is 61.5 Å². The second-order valence-electron chi connectivity index (χ2n) is 6.38. The fourth-order valence-corrected chi connectivity index (χ4v) is 4.57. The van der Waals surface area contributed by atoms with Gasteiger partial charge in [0.05, 0.1) is 6.54 Å². The van der Waals surface area contributed by atoms with E-state index in [2.05, 4.69) is 40.7 Å². The fourth-order valence-electron chi connectivity index (χ4n) is 3.39. The van der Waals surface area contributed by atoms with E-state index in [1.807, 2.05) is 0 Å². The number of thioether (sulfide) groups is 1. The van der Waals surface area contributed by atoms with Crippen molar-refractivity contribution < 1.29 is 14.1 Å². The predicted octanol–water partition coefficient (Wildman–Crippen LogP) is 3.30. The highest BCUT2D eigenvalue weighted by Gasteiger charge is 2.53. The van der Waals surface area contributed by atoms with E-state index >= 15 is 0 Å². The van der Waals surface area contributed by atoms with Gasteiger partial charge in [-0.25, -0.2) is 13.9 Å². The SMILES string of the molecule is Cc1ccc(N2C[C@@](O)(c3ccc(F)cc3)[N+]3=C2SCCC3)cc1. The summed E-state index contributed by atoms with van der Waals surface area (Å²) in [6, 6.07) is 14.6. The maximum absolute atomic E-state index is 13.3. The Kier molecular flexibility index (Phi) is 3.85. The first-order valence-electron chi connectivity index (χ1n) is 8.18. The number of benzene rings is 2. The number of hydrogen-bond donors (Lipinski definition) is 1. The molecule has 0 spiro atoms. The standard InChI is InChI=1S/C19H20FN2OS/c1-14-3-9-17(10-4-14)21-13-19(23,15-5-7-16(20)8-6-15)22-11-2-12-24-18(21)22/h3-10,23H,2,11-13H2,1H3/q+1/t19-/m1/s1. The van der Waals surface area contributed by atoms with E-state index in [4.69, 9.17) is 0 Å². The largest absolute Gasteiger partial charge is 0.346 e. The third-order valence-electron chi connectivity index (χ3n) is 4.70. The first-order valence-corrected chi connectivity index (χ1v) is 9.16. The smallest absolute Gasteiger partial charge is 0.316 e. The Bertz CT molecular complexity index is 788. The van der Waals surface area contributed by atoms with Crippen LogP contribution in [-0.2, 0) is 5.72 Å². The van der Waals surface area contributed by atoms with E-state index in [0.29, 0.717) is 6.54 Å². The summed E-state index contributed by atoms with van der Waals surface area (Å²) in [6.07, 6.45) is 1.03. The molecule has 0 aliphatic carbocycles.